The van der Waals surface area contributed by atoms with Crippen LogP contribution in [-0.4, -0.2) is 6.61 Å². The molecule has 2 nitrogen and oxygen atoms in total. The fourth-order valence-corrected chi connectivity index (χ4v) is 3.28. The molecule has 1 N–H and O–H groups in total. The fourth-order valence-electron chi connectivity index (χ4n) is 2.36. The van der Waals surface area contributed by atoms with Crippen molar-refractivity contribution in [1.82, 2.24) is 0 Å². The SMILES string of the molecule is Fc1cc(Cl)c(NC2COCc3ccccc32)c(Br)c1. The van der Waals surface area contributed by atoms with E-state index in [-0.39, 0.29) is 11.9 Å². The lowest BCUT2D eigenvalue weighted by molar-refractivity contribution is 0.0970. The van der Waals surface area contributed by atoms with Crippen LogP contribution in [0.3, 0.4) is 0 Å². The molecule has 1 atom stereocenters. The average Bonchev–Trinajstić information content (AvgIpc) is 2.43. The van der Waals surface area contributed by atoms with Crippen LogP contribution in [0.25, 0.3) is 0 Å². The molecule has 1 aliphatic heterocycles. The summed E-state index contributed by atoms with van der Waals surface area (Å²) in [6.45, 7) is 1.17. The van der Waals surface area contributed by atoms with Gasteiger partial charge in [0.2, 0.25) is 0 Å². The normalized spacial score (nSPS) is 17.6. The topological polar surface area (TPSA) is 21.3 Å². The van der Waals surface area contributed by atoms with Gasteiger partial charge < -0.3 is 10.1 Å². The predicted octanol–water partition coefficient (Wildman–Crippen LogP) is 4.93. The molecular weight excluding hydrogens is 345 g/mol. The molecule has 0 saturated carbocycles. The van der Waals surface area contributed by atoms with Crippen LogP contribution in [0, 0.1) is 5.82 Å². The van der Waals surface area contributed by atoms with Gasteiger partial charge in [0.25, 0.3) is 0 Å². The van der Waals surface area contributed by atoms with E-state index in [1.165, 1.54) is 17.7 Å². The smallest absolute Gasteiger partial charge is 0.125 e. The third-order valence-corrected chi connectivity index (χ3v) is 4.22. The Balaban J connectivity index is 1.94. The summed E-state index contributed by atoms with van der Waals surface area (Å²) in [5, 5.41) is 3.68. The molecule has 0 amide bonds. The van der Waals surface area contributed by atoms with Gasteiger partial charge in [-0.3, -0.25) is 0 Å². The van der Waals surface area contributed by atoms with Gasteiger partial charge >= 0.3 is 0 Å². The van der Waals surface area contributed by atoms with Crippen molar-refractivity contribution < 1.29 is 9.13 Å². The van der Waals surface area contributed by atoms with Crippen LogP contribution in [0.4, 0.5) is 10.1 Å². The quantitative estimate of drug-likeness (QED) is 0.824. The van der Waals surface area contributed by atoms with Crippen molar-refractivity contribution in [2.45, 2.75) is 12.6 Å². The highest BCUT2D eigenvalue weighted by molar-refractivity contribution is 9.10. The minimum absolute atomic E-state index is 0.000730. The maximum absolute atomic E-state index is 13.3. The molecule has 1 heterocycles. The Hall–Kier alpha value is -1.10. The van der Waals surface area contributed by atoms with Crippen LogP contribution in [-0.2, 0) is 11.3 Å². The van der Waals surface area contributed by atoms with Gasteiger partial charge in [-0.2, -0.15) is 0 Å². The van der Waals surface area contributed by atoms with Crippen LogP contribution in [0.5, 0.6) is 0 Å². The first-order chi connectivity index (χ1) is 9.65. The molecule has 0 spiro atoms. The van der Waals surface area contributed by atoms with Gasteiger partial charge in [0.1, 0.15) is 5.82 Å². The molecule has 20 heavy (non-hydrogen) atoms. The molecule has 0 fully saturated rings. The lowest BCUT2D eigenvalue weighted by Crippen LogP contribution is -2.23. The zero-order valence-corrected chi connectivity index (χ0v) is 12.8. The third kappa shape index (κ3) is 2.68. The summed E-state index contributed by atoms with van der Waals surface area (Å²) in [6, 6.07) is 10.8. The number of halogens is 3. The summed E-state index contributed by atoms with van der Waals surface area (Å²) >= 11 is 9.44. The monoisotopic (exact) mass is 355 g/mol. The van der Waals surface area contributed by atoms with Gasteiger partial charge in [-0.15, -0.1) is 0 Å². The molecule has 0 bridgehead atoms. The molecule has 0 aliphatic carbocycles. The molecule has 5 heteroatoms. The number of fused-ring (bicyclic) bond motifs is 1. The number of hydrogen-bond acceptors (Lipinski definition) is 2. The summed E-state index contributed by atoms with van der Waals surface area (Å²) < 4.78 is 19.5. The average molecular weight is 357 g/mol. The predicted molar refractivity (Wildman–Crippen MR) is 81.6 cm³/mol. The van der Waals surface area contributed by atoms with Gasteiger partial charge in [0.15, 0.2) is 0 Å². The number of anilines is 1. The number of rotatable bonds is 2. The van der Waals surface area contributed by atoms with Crippen molar-refractivity contribution in [1.29, 1.82) is 0 Å². The maximum atomic E-state index is 13.3. The Morgan fingerprint density at radius 3 is 2.90 bits per heavy atom. The molecule has 1 unspecified atom stereocenters. The van der Waals surface area contributed by atoms with Crippen molar-refractivity contribution in [2.24, 2.45) is 0 Å². The first-order valence-corrected chi connectivity index (χ1v) is 7.39. The zero-order chi connectivity index (χ0) is 14.1. The number of nitrogens with one attached hydrogen (secondary N) is 1. The minimum Gasteiger partial charge on any atom is -0.374 e. The molecule has 2 aromatic rings. The molecule has 0 saturated heterocycles. The molecule has 1 aliphatic rings. The Bertz CT molecular complexity index is 627. The second-order valence-electron chi connectivity index (χ2n) is 4.66. The summed E-state index contributed by atoms with van der Waals surface area (Å²) in [6.07, 6.45) is 0. The fraction of sp³-hybridized carbons (Fsp3) is 0.200. The van der Waals surface area contributed by atoms with Crippen molar-refractivity contribution >= 4 is 33.2 Å². The first-order valence-electron chi connectivity index (χ1n) is 6.22. The highest BCUT2D eigenvalue weighted by atomic mass is 79.9. The van der Waals surface area contributed by atoms with Crippen molar-refractivity contribution in [3.8, 4) is 0 Å². The van der Waals surface area contributed by atoms with E-state index in [9.17, 15) is 4.39 Å². The van der Waals surface area contributed by atoms with E-state index >= 15 is 0 Å². The largest absolute Gasteiger partial charge is 0.374 e. The third-order valence-electron chi connectivity index (χ3n) is 3.30. The van der Waals surface area contributed by atoms with E-state index in [1.807, 2.05) is 18.2 Å². The van der Waals surface area contributed by atoms with Crippen LogP contribution in [0.15, 0.2) is 40.9 Å². The van der Waals surface area contributed by atoms with E-state index in [0.29, 0.717) is 28.4 Å². The first kappa shape index (κ1) is 13.9. The Morgan fingerprint density at radius 1 is 1.30 bits per heavy atom. The van der Waals surface area contributed by atoms with Gasteiger partial charge in [0.05, 0.1) is 30.0 Å². The van der Waals surface area contributed by atoms with E-state index in [4.69, 9.17) is 16.3 Å². The number of hydrogen-bond donors (Lipinski definition) is 1. The number of benzene rings is 2. The van der Waals surface area contributed by atoms with Crippen molar-refractivity contribution in [3.05, 3.63) is 62.8 Å². The highest BCUT2D eigenvalue weighted by Crippen LogP contribution is 2.36. The van der Waals surface area contributed by atoms with Gasteiger partial charge in [0, 0.05) is 4.47 Å². The van der Waals surface area contributed by atoms with Crippen molar-refractivity contribution in [2.75, 3.05) is 11.9 Å². The number of ether oxygens (including phenoxy) is 1. The Kier molecular flexibility index (Phi) is 3.96. The zero-order valence-electron chi connectivity index (χ0n) is 10.5. The van der Waals surface area contributed by atoms with Gasteiger partial charge in [-0.25, -0.2) is 4.39 Å². The second kappa shape index (κ2) is 5.72. The molecule has 2 aromatic carbocycles. The minimum atomic E-state index is -0.368. The van der Waals surface area contributed by atoms with Gasteiger partial charge in [-0.1, -0.05) is 35.9 Å². The standard InChI is InChI=1S/C15H12BrClFNO/c16-12-5-10(18)6-13(17)15(12)19-14-8-20-7-9-3-1-2-4-11(9)14/h1-6,14,19H,7-8H2. The van der Waals surface area contributed by atoms with E-state index in [1.54, 1.807) is 0 Å². The highest BCUT2D eigenvalue weighted by Gasteiger charge is 2.22. The molecule has 104 valence electrons. The molecule has 3 rings (SSSR count). The van der Waals surface area contributed by atoms with E-state index in [0.717, 1.165) is 5.56 Å². The Morgan fingerprint density at radius 2 is 2.10 bits per heavy atom. The lowest BCUT2D eigenvalue weighted by Gasteiger charge is -2.28. The summed E-state index contributed by atoms with van der Waals surface area (Å²) in [4.78, 5) is 0. The molecular formula is C15H12BrClFNO. The molecule has 0 radical (unpaired) electrons. The van der Waals surface area contributed by atoms with Crippen LogP contribution >= 0.6 is 27.5 Å². The van der Waals surface area contributed by atoms with Crippen LogP contribution in [0.2, 0.25) is 5.02 Å². The van der Waals surface area contributed by atoms with Crippen molar-refractivity contribution in [3.63, 3.8) is 0 Å². The Labute approximate surface area is 130 Å². The maximum Gasteiger partial charge on any atom is 0.125 e. The van der Waals surface area contributed by atoms with E-state index in [2.05, 4.69) is 27.3 Å². The summed E-state index contributed by atoms with van der Waals surface area (Å²) in [5.74, 6) is -0.368. The van der Waals surface area contributed by atoms with Crippen LogP contribution in [0.1, 0.15) is 17.2 Å². The second-order valence-corrected chi connectivity index (χ2v) is 5.92. The van der Waals surface area contributed by atoms with Crippen LogP contribution < -0.4 is 5.32 Å². The van der Waals surface area contributed by atoms with Gasteiger partial charge in [-0.05, 0) is 39.2 Å². The summed E-state index contributed by atoms with van der Waals surface area (Å²) in [5.41, 5.74) is 3.02. The molecule has 0 aromatic heterocycles. The van der Waals surface area contributed by atoms with E-state index < -0.39 is 0 Å². The summed E-state index contributed by atoms with van der Waals surface area (Å²) in [7, 11) is 0. The lowest BCUT2D eigenvalue weighted by atomic mass is 9.99.